The molecule has 0 saturated carbocycles. The van der Waals surface area contributed by atoms with E-state index in [1.807, 2.05) is 31.3 Å². The normalized spacial score (nSPS) is 12.8. The highest BCUT2D eigenvalue weighted by Gasteiger charge is 2.07. The average Bonchev–Trinajstić information content (AvgIpc) is 2.82. The zero-order valence-electron chi connectivity index (χ0n) is 10.2. The van der Waals surface area contributed by atoms with Crippen molar-refractivity contribution >= 4 is 5.52 Å². The van der Waals surface area contributed by atoms with Gasteiger partial charge < -0.3 is 5.73 Å². The molecule has 3 nitrogen and oxygen atoms in total. The number of imidazole rings is 1. The Labute approximate surface area is 106 Å². The molecule has 1 aromatic carbocycles. The summed E-state index contributed by atoms with van der Waals surface area (Å²) in [5, 5.41) is 0. The molecule has 2 heterocycles. The molecule has 2 N–H and O–H groups in total. The molecule has 0 aliphatic heterocycles. The first-order valence-electron chi connectivity index (χ1n) is 6.04. The zero-order valence-corrected chi connectivity index (χ0v) is 10.2. The standard InChI is InChI=1S/C15H15N3/c1-11(16)13-7-8-14-9-17-15(18(14)10-13)12-5-3-2-4-6-12/h2-11H,16H2,1H3. The topological polar surface area (TPSA) is 43.3 Å². The Morgan fingerprint density at radius 3 is 2.61 bits per heavy atom. The van der Waals surface area contributed by atoms with Crippen LogP contribution in [-0.2, 0) is 0 Å². The van der Waals surface area contributed by atoms with Gasteiger partial charge in [0.2, 0.25) is 0 Å². The Balaban J connectivity index is 2.21. The summed E-state index contributed by atoms with van der Waals surface area (Å²) < 4.78 is 2.09. The number of aromatic nitrogens is 2. The lowest BCUT2D eigenvalue weighted by molar-refractivity contribution is 0.809. The number of benzene rings is 1. The number of pyridine rings is 1. The molecule has 2 aromatic heterocycles. The lowest BCUT2D eigenvalue weighted by atomic mass is 10.1. The van der Waals surface area contributed by atoms with Crippen LogP contribution in [0, 0.1) is 0 Å². The van der Waals surface area contributed by atoms with Gasteiger partial charge in [-0.1, -0.05) is 36.4 Å². The van der Waals surface area contributed by atoms with Crippen LogP contribution in [0.1, 0.15) is 18.5 Å². The van der Waals surface area contributed by atoms with Crippen LogP contribution in [0.5, 0.6) is 0 Å². The second kappa shape index (κ2) is 4.27. The van der Waals surface area contributed by atoms with E-state index in [1.54, 1.807) is 0 Å². The molecule has 18 heavy (non-hydrogen) atoms. The minimum atomic E-state index is 0.0282. The minimum Gasteiger partial charge on any atom is -0.324 e. The summed E-state index contributed by atoms with van der Waals surface area (Å²) in [5.74, 6) is 0.952. The highest BCUT2D eigenvalue weighted by atomic mass is 15.0. The van der Waals surface area contributed by atoms with E-state index in [2.05, 4.69) is 39.8 Å². The smallest absolute Gasteiger partial charge is 0.144 e. The summed E-state index contributed by atoms with van der Waals surface area (Å²) in [7, 11) is 0. The van der Waals surface area contributed by atoms with E-state index < -0.39 is 0 Å². The molecule has 90 valence electrons. The van der Waals surface area contributed by atoms with E-state index in [1.165, 1.54) is 0 Å². The van der Waals surface area contributed by atoms with Gasteiger partial charge in [-0.3, -0.25) is 4.40 Å². The zero-order chi connectivity index (χ0) is 12.5. The monoisotopic (exact) mass is 237 g/mol. The average molecular weight is 237 g/mol. The van der Waals surface area contributed by atoms with Gasteiger partial charge in [-0.2, -0.15) is 0 Å². The molecule has 1 unspecified atom stereocenters. The van der Waals surface area contributed by atoms with E-state index in [0.29, 0.717) is 0 Å². The largest absolute Gasteiger partial charge is 0.324 e. The minimum absolute atomic E-state index is 0.0282. The van der Waals surface area contributed by atoms with Crippen molar-refractivity contribution in [3.8, 4) is 11.4 Å². The predicted octanol–water partition coefficient (Wildman–Crippen LogP) is 3.02. The molecular formula is C15H15N3. The second-order valence-electron chi connectivity index (χ2n) is 4.49. The van der Waals surface area contributed by atoms with Crippen LogP contribution in [0.2, 0.25) is 0 Å². The van der Waals surface area contributed by atoms with E-state index in [4.69, 9.17) is 5.73 Å². The van der Waals surface area contributed by atoms with Gasteiger partial charge in [0.05, 0.1) is 11.7 Å². The maximum atomic E-state index is 5.93. The molecular weight excluding hydrogens is 222 g/mol. The quantitative estimate of drug-likeness (QED) is 0.744. The fourth-order valence-electron chi connectivity index (χ4n) is 2.08. The fourth-order valence-corrected chi connectivity index (χ4v) is 2.08. The number of hydrogen-bond donors (Lipinski definition) is 1. The van der Waals surface area contributed by atoms with Gasteiger partial charge in [0.25, 0.3) is 0 Å². The SMILES string of the molecule is CC(N)c1ccc2cnc(-c3ccccc3)n2c1. The van der Waals surface area contributed by atoms with Crippen LogP contribution < -0.4 is 5.73 Å². The summed E-state index contributed by atoms with van der Waals surface area (Å²) in [6.07, 6.45) is 3.95. The lowest BCUT2D eigenvalue weighted by Crippen LogP contribution is -2.06. The van der Waals surface area contributed by atoms with Gasteiger partial charge in [0.1, 0.15) is 5.82 Å². The molecule has 0 bridgehead atoms. The Bertz CT molecular complexity index is 669. The van der Waals surface area contributed by atoms with Crippen LogP contribution in [0.4, 0.5) is 0 Å². The van der Waals surface area contributed by atoms with Crippen molar-refractivity contribution in [3.05, 3.63) is 60.4 Å². The lowest BCUT2D eigenvalue weighted by Gasteiger charge is -2.07. The van der Waals surface area contributed by atoms with Gasteiger partial charge in [-0.15, -0.1) is 0 Å². The van der Waals surface area contributed by atoms with Gasteiger partial charge in [-0.25, -0.2) is 4.98 Å². The molecule has 0 aliphatic carbocycles. The summed E-state index contributed by atoms with van der Waals surface area (Å²) in [6, 6.07) is 14.3. The second-order valence-corrected chi connectivity index (χ2v) is 4.49. The molecule has 3 aromatic rings. The molecule has 0 fully saturated rings. The highest BCUT2D eigenvalue weighted by molar-refractivity contribution is 5.62. The molecule has 3 rings (SSSR count). The third-order valence-electron chi connectivity index (χ3n) is 3.11. The van der Waals surface area contributed by atoms with Crippen LogP contribution >= 0.6 is 0 Å². The van der Waals surface area contributed by atoms with Crippen molar-refractivity contribution in [1.29, 1.82) is 0 Å². The Morgan fingerprint density at radius 1 is 1.11 bits per heavy atom. The van der Waals surface area contributed by atoms with E-state index >= 15 is 0 Å². The number of fused-ring (bicyclic) bond motifs is 1. The van der Waals surface area contributed by atoms with Crippen molar-refractivity contribution < 1.29 is 0 Å². The van der Waals surface area contributed by atoms with Crippen molar-refractivity contribution in [2.45, 2.75) is 13.0 Å². The molecule has 0 amide bonds. The molecule has 0 spiro atoms. The van der Waals surface area contributed by atoms with Crippen LogP contribution in [0.3, 0.4) is 0 Å². The summed E-state index contributed by atoms with van der Waals surface area (Å²) in [5.41, 5.74) is 9.23. The first-order chi connectivity index (χ1) is 8.75. The maximum absolute atomic E-state index is 5.93. The fraction of sp³-hybridized carbons (Fsp3) is 0.133. The molecule has 0 saturated heterocycles. The van der Waals surface area contributed by atoms with E-state index in [-0.39, 0.29) is 6.04 Å². The first kappa shape index (κ1) is 11.0. The molecule has 0 aliphatic rings. The Morgan fingerprint density at radius 2 is 1.89 bits per heavy atom. The third-order valence-corrected chi connectivity index (χ3v) is 3.11. The van der Waals surface area contributed by atoms with Crippen molar-refractivity contribution in [3.63, 3.8) is 0 Å². The number of hydrogen-bond acceptors (Lipinski definition) is 2. The summed E-state index contributed by atoms with van der Waals surface area (Å²) >= 11 is 0. The number of nitrogens with zero attached hydrogens (tertiary/aromatic N) is 2. The van der Waals surface area contributed by atoms with Crippen LogP contribution in [0.15, 0.2) is 54.9 Å². The van der Waals surface area contributed by atoms with Crippen molar-refractivity contribution in [1.82, 2.24) is 9.38 Å². The Hall–Kier alpha value is -2.13. The van der Waals surface area contributed by atoms with Gasteiger partial charge >= 0.3 is 0 Å². The van der Waals surface area contributed by atoms with Crippen molar-refractivity contribution in [2.75, 3.05) is 0 Å². The van der Waals surface area contributed by atoms with Gasteiger partial charge in [0, 0.05) is 17.8 Å². The van der Waals surface area contributed by atoms with Gasteiger partial charge in [0.15, 0.2) is 0 Å². The number of rotatable bonds is 2. The third kappa shape index (κ3) is 1.79. The first-order valence-corrected chi connectivity index (χ1v) is 6.04. The molecule has 1 atom stereocenters. The summed E-state index contributed by atoms with van der Waals surface area (Å²) in [6.45, 7) is 1.99. The van der Waals surface area contributed by atoms with Crippen molar-refractivity contribution in [2.24, 2.45) is 5.73 Å². The number of nitrogens with two attached hydrogens (primary N) is 1. The van der Waals surface area contributed by atoms with Gasteiger partial charge in [-0.05, 0) is 18.6 Å². The Kier molecular flexibility index (Phi) is 2.61. The molecule has 3 heteroatoms. The maximum Gasteiger partial charge on any atom is 0.144 e. The highest BCUT2D eigenvalue weighted by Crippen LogP contribution is 2.21. The van der Waals surface area contributed by atoms with Crippen LogP contribution in [-0.4, -0.2) is 9.38 Å². The van der Waals surface area contributed by atoms with E-state index in [9.17, 15) is 0 Å². The molecule has 0 radical (unpaired) electrons. The summed E-state index contributed by atoms with van der Waals surface area (Å²) in [4.78, 5) is 4.49. The van der Waals surface area contributed by atoms with E-state index in [0.717, 1.165) is 22.5 Å². The van der Waals surface area contributed by atoms with Crippen LogP contribution in [0.25, 0.3) is 16.9 Å². The predicted molar refractivity (Wildman–Crippen MR) is 73.2 cm³/mol.